The first-order valence-corrected chi connectivity index (χ1v) is 10.7. The first-order valence-electron chi connectivity index (χ1n) is 8.52. The Morgan fingerprint density at radius 3 is 2.43 bits per heavy atom. The topological polar surface area (TPSA) is 84.9 Å². The second kappa shape index (κ2) is 9.66. The highest BCUT2D eigenvalue weighted by molar-refractivity contribution is 7.92. The van der Waals surface area contributed by atoms with Gasteiger partial charge >= 0.3 is 0 Å². The standard InChI is InChI=1S/C19H23ClN2O5S/c1-14(22(28(3,24)25)16-9-7-15(20)8-10-16)19(23)21-11-12-27-18-6-4-5-17(13-18)26-2/h4-10,13-14H,11-12H2,1-3H3,(H,21,23)/t14-/m1/s1. The summed E-state index contributed by atoms with van der Waals surface area (Å²) in [5, 5.41) is 3.16. The molecule has 0 saturated heterocycles. The molecule has 1 atom stereocenters. The number of amides is 1. The van der Waals surface area contributed by atoms with Gasteiger partial charge in [-0.15, -0.1) is 0 Å². The molecular weight excluding hydrogens is 404 g/mol. The monoisotopic (exact) mass is 426 g/mol. The van der Waals surface area contributed by atoms with Crippen LogP contribution in [0.1, 0.15) is 6.92 Å². The third-order valence-electron chi connectivity index (χ3n) is 3.88. The number of ether oxygens (including phenoxy) is 2. The molecule has 0 fully saturated rings. The Hall–Kier alpha value is -2.45. The van der Waals surface area contributed by atoms with Gasteiger partial charge in [0.05, 0.1) is 25.6 Å². The summed E-state index contributed by atoms with van der Waals surface area (Å²) in [5.74, 6) is 0.845. The van der Waals surface area contributed by atoms with Crippen LogP contribution in [0.25, 0.3) is 0 Å². The zero-order chi connectivity index (χ0) is 20.7. The molecule has 2 rings (SSSR count). The van der Waals surface area contributed by atoms with E-state index < -0.39 is 22.0 Å². The average Bonchev–Trinajstić information content (AvgIpc) is 2.65. The lowest BCUT2D eigenvalue weighted by atomic mass is 10.2. The molecule has 1 amide bonds. The van der Waals surface area contributed by atoms with Gasteiger partial charge in [-0.2, -0.15) is 0 Å². The average molecular weight is 427 g/mol. The number of rotatable bonds is 9. The van der Waals surface area contributed by atoms with Crippen molar-refractivity contribution in [3.05, 3.63) is 53.6 Å². The summed E-state index contributed by atoms with van der Waals surface area (Å²) < 4.78 is 36.2. The van der Waals surface area contributed by atoms with E-state index in [4.69, 9.17) is 21.1 Å². The van der Waals surface area contributed by atoms with Crippen LogP contribution in [0.2, 0.25) is 5.02 Å². The van der Waals surface area contributed by atoms with Gasteiger partial charge in [-0.1, -0.05) is 17.7 Å². The van der Waals surface area contributed by atoms with E-state index in [1.165, 1.54) is 6.92 Å². The van der Waals surface area contributed by atoms with Gasteiger partial charge in [0.15, 0.2) is 0 Å². The van der Waals surface area contributed by atoms with Crippen molar-refractivity contribution in [1.82, 2.24) is 5.32 Å². The van der Waals surface area contributed by atoms with E-state index in [2.05, 4.69) is 5.32 Å². The van der Waals surface area contributed by atoms with Crippen molar-refractivity contribution in [2.75, 3.05) is 30.8 Å². The highest BCUT2D eigenvalue weighted by atomic mass is 35.5. The fraction of sp³-hybridized carbons (Fsp3) is 0.316. The molecule has 0 bridgehead atoms. The summed E-state index contributed by atoms with van der Waals surface area (Å²) >= 11 is 5.86. The third-order valence-corrected chi connectivity index (χ3v) is 5.37. The van der Waals surface area contributed by atoms with Gasteiger partial charge in [0.1, 0.15) is 24.1 Å². The van der Waals surface area contributed by atoms with E-state index in [-0.39, 0.29) is 13.2 Å². The van der Waals surface area contributed by atoms with Crippen LogP contribution in [0.5, 0.6) is 11.5 Å². The van der Waals surface area contributed by atoms with E-state index >= 15 is 0 Å². The zero-order valence-corrected chi connectivity index (χ0v) is 17.5. The lowest BCUT2D eigenvalue weighted by Gasteiger charge is -2.28. The van der Waals surface area contributed by atoms with Crippen molar-refractivity contribution < 1.29 is 22.7 Å². The number of carbonyl (C=O) groups excluding carboxylic acids is 1. The molecule has 0 heterocycles. The Bertz CT molecular complexity index is 903. The molecular formula is C19H23ClN2O5S. The van der Waals surface area contributed by atoms with Gasteiger partial charge in [-0.05, 0) is 43.3 Å². The molecule has 9 heteroatoms. The molecule has 0 aromatic heterocycles. The number of nitrogens with zero attached hydrogens (tertiary/aromatic N) is 1. The molecule has 0 unspecified atom stereocenters. The van der Waals surface area contributed by atoms with Gasteiger partial charge < -0.3 is 14.8 Å². The van der Waals surface area contributed by atoms with E-state index in [1.807, 2.05) is 0 Å². The van der Waals surface area contributed by atoms with E-state index in [1.54, 1.807) is 55.6 Å². The molecule has 0 aliphatic heterocycles. The quantitative estimate of drug-likeness (QED) is 0.623. The normalized spacial score (nSPS) is 12.1. The van der Waals surface area contributed by atoms with Crippen molar-refractivity contribution in [2.45, 2.75) is 13.0 Å². The summed E-state index contributed by atoms with van der Waals surface area (Å²) in [4.78, 5) is 12.5. The summed E-state index contributed by atoms with van der Waals surface area (Å²) in [6.07, 6.45) is 1.05. The maximum absolute atomic E-state index is 12.5. The van der Waals surface area contributed by atoms with Gasteiger partial charge in [-0.25, -0.2) is 8.42 Å². The van der Waals surface area contributed by atoms with Gasteiger partial charge in [-0.3, -0.25) is 9.10 Å². The van der Waals surface area contributed by atoms with Crippen molar-refractivity contribution in [1.29, 1.82) is 0 Å². The maximum atomic E-state index is 12.5. The summed E-state index contributed by atoms with van der Waals surface area (Å²) in [6, 6.07) is 12.4. The molecule has 2 aromatic rings. The number of hydrogen-bond donors (Lipinski definition) is 1. The minimum atomic E-state index is -3.67. The van der Waals surface area contributed by atoms with Crippen LogP contribution < -0.4 is 19.1 Å². The number of benzene rings is 2. The Labute approximate surface area is 170 Å². The Morgan fingerprint density at radius 2 is 1.82 bits per heavy atom. The first kappa shape index (κ1) is 21.8. The highest BCUT2D eigenvalue weighted by Gasteiger charge is 2.28. The van der Waals surface area contributed by atoms with Gasteiger partial charge in [0.2, 0.25) is 15.9 Å². The molecule has 2 aromatic carbocycles. The molecule has 28 heavy (non-hydrogen) atoms. The number of hydrogen-bond acceptors (Lipinski definition) is 5. The number of methoxy groups -OCH3 is 1. The predicted molar refractivity (Wildman–Crippen MR) is 110 cm³/mol. The van der Waals surface area contributed by atoms with E-state index in [0.717, 1.165) is 10.6 Å². The van der Waals surface area contributed by atoms with E-state index in [0.29, 0.717) is 22.2 Å². The smallest absolute Gasteiger partial charge is 0.243 e. The molecule has 7 nitrogen and oxygen atoms in total. The minimum absolute atomic E-state index is 0.221. The van der Waals surface area contributed by atoms with Gasteiger partial charge in [0, 0.05) is 11.1 Å². The predicted octanol–water partition coefficient (Wildman–Crippen LogP) is 2.70. The van der Waals surface area contributed by atoms with Crippen molar-refractivity contribution in [3.63, 3.8) is 0 Å². The maximum Gasteiger partial charge on any atom is 0.243 e. The second-order valence-electron chi connectivity index (χ2n) is 6.03. The van der Waals surface area contributed by atoms with Crippen molar-refractivity contribution in [2.24, 2.45) is 0 Å². The summed E-state index contributed by atoms with van der Waals surface area (Å²) in [7, 11) is -2.11. The molecule has 1 N–H and O–H groups in total. The van der Waals surface area contributed by atoms with Gasteiger partial charge in [0.25, 0.3) is 0 Å². The highest BCUT2D eigenvalue weighted by Crippen LogP contribution is 2.23. The SMILES string of the molecule is COc1cccc(OCCNC(=O)[C@@H](C)N(c2ccc(Cl)cc2)S(C)(=O)=O)c1. The number of carbonyl (C=O) groups is 1. The van der Waals surface area contributed by atoms with Crippen molar-refractivity contribution >= 4 is 33.2 Å². The zero-order valence-electron chi connectivity index (χ0n) is 15.9. The van der Waals surface area contributed by atoms with Crippen LogP contribution in [-0.2, 0) is 14.8 Å². The van der Waals surface area contributed by atoms with Crippen molar-refractivity contribution in [3.8, 4) is 11.5 Å². The third kappa shape index (κ3) is 6.03. The van der Waals surface area contributed by atoms with Crippen LogP contribution in [-0.4, -0.2) is 46.9 Å². The summed E-state index contributed by atoms with van der Waals surface area (Å²) in [6.45, 7) is 1.97. The van der Waals surface area contributed by atoms with Crippen LogP contribution in [0.4, 0.5) is 5.69 Å². The molecule has 152 valence electrons. The van der Waals surface area contributed by atoms with Crippen LogP contribution >= 0.6 is 11.6 Å². The number of sulfonamides is 1. The number of halogens is 1. The Kier molecular flexibility index (Phi) is 7.53. The minimum Gasteiger partial charge on any atom is -0.497 e. The lowest BCUT2D eigenvalue weighted by molar-refractivity contribution is -0.121. The molecule has 0 spiro atoms. The van der Waals surface area contributed by atoms with Crippen LogP contribution in [0, 0.1) is 0 Å². The molecule has 0 aliphatic carbocycles. The molecule has 0 radical (unpaired) electrons. The largest absolute Gasteiger partial charge is 0.497 e. The Morgan fingerprint density at radius 1 is 1.18 bits per heavy atom. The van der Waals surface area contributed by atoms with Crippen LogP contribution in [0.15, 0.2) is 48.5 Å². The second-order valence-corrected chi connectivity index (χ2v) is 8.33. The first-order chi connectivity index (χ1) is 13.2. The molecule has 0 aliphatic rings. The van der Waals surface area contributed by atoms with Crippen LogP contribution in [0.3, 0.4) is 0 Å². The Balaban J connectivity index is 1.96. The fourth-order valence-electron chi connectivity index (χ4n) is 2.58. The number of anilines is 1. The lowest BCUT2D eigenvalue weighted by Crippen LogP contribution is -2.48. The summed E-state index contributed by atoms with van der Waals surface area (Å²) in [5.41, 5.74) is 0.363. The van der Waals surface area contributed by atoms with E-state index in [9.17, 15) is 13.2 Å². The fourth-order valence-corrected chi connectivity index (χ4v) is 3.88. The number of nitrogens with one attached hydrogen (secondary N) is 1. The molecule has 0 saturated carbocycles.